The smallest absolute Gasteiger partial charge is 0.194 e. The van der Waals surface area contributed by atoms with E-state index in [4.69, 9.17) is 16.3 Å². The number of ether oxygens (including phenoxy) is 1. The van der Waals surface area contributed by atoms with Gasteiger partial charge < -0.3 is 10.1 Å². The van der Waals surface area contributed by atoms with Gasteiger partial charge in [-0.05, 0) is 61.4 Å². The summed E-state index contributed by atoms with van der Waals surface area (Å²) in [5.74, 6) is 0.741. The highest BCUT2D eigenvalue weighted by Crippen LogP contribution is 2.28. The Hall–Kier alpha value is -2.78. The van der Waals surface area contributed by atoms with E-state index in [0.29, 0.717) is 16.1 Å². The lowest BCUT2D eigenvalue weighted by Gasteiger charge is -2.13. The molecule has 3 nitrogen and oxygen atoms in total. The van der Waals surface area contributed by atoms with E-state index in [0.717, 1.165) is 28.3 Å². The molecule has 4 heteroatoms. The van der Waals surface area contributed by atoms with Gasteiger partial charge in [0.05, 0.1) is 12.1 Å². The van der Waals surface area contributed by atoms with E-state index in [1.54, 1.807) is 19.2 Å². The number of hydrogen-bond donors (Lipinski definition) is 1. The summed E-state index contributed by atoms with van der Waals surface area (Å²) in [5, 5.41) is 3.76. The zero-order chi connectivity index (χ0) is 18.7. The third-order valence-corrected chi connectivity index (χ3v) is 4.63. The molecule has 3 aromatic carbocycles. The maximum Gasteiger partial charge on any atom is 0.194 e. The molecular formula is C22H20ClNO2. The first kappa shape index (κ1) is 18.0. The van der Waals surface area contributed by atoms with E-state index in [1.807, 2.05) is 62.4 Å². The quantitative estimate of drug-likeness (QED) is 0.568. The van der Waals surface area contributed by atoms with E-state index in [-0.39, 0.29) is 5.78 Å². The fourth-order valence-corrected chi connectivity index (χ4v) is 3.08. The maximum atomic E-state index is 12.8. The molecule has 0 spiro atoms. The number of carbonyl (C=O) groups excluding carboxylic acids is 1. The molecule has 0 saturated carbocycles. The van der Waals surface area contributed by atoms with Crippen LogP contribution < -0.4 is 10.1 Å². The van der Waals surface area contributed by atoms with Gasteiger partial charge in [0.25, 0.3) is 0 Å². The molecule has 0 fully saturated rings. The first-order valence-electron chi connectivity index (χ1n) is 8.31. The number of hydrogen-bond acceptors (Lipinski definition) is 3. The van der Waals surface area contributed by atoms with Crippen LogP contribution in [-0.2, 0) is 0 Å². The predicted octanol–water partition coefficient (Wildman–Crippen LogP) is 5.94. The second-order valence-electron chi connectivity index (χ2n) is 6.14. The minimum atomic E-state index is -0.0692. The average molecular weight is 366 g/mol. The number of halogens is 1. The first-order valence-corrected chi connectivity index (χ1v) is 8.69. The van der Waals surface area contributed by atoms with Gasteiger partial charge in [0.1, 0.15) is 5.75 Å². The summed E-state index contributed by atoms with van der Waals surface area (Å²) in [6.45, 7) is 3.92. The first-order chi connectivity index (χ1) is 12.5. The molecule has 0 heterocycles. The van der Waals surface area contributed by atoms with Crippen LogP contribution in [0.25, 0.3) is 0 Å². The monoisotopic (exact) mass is 365 g/mol. The van der Waals surface area contributed by atoms with E-state index in [9.17, 15) is 4.79 Å². The lowest BCUT2D eigenvalue weighted by Crippen LogP contribution is -2.05. The van der Waals surface area contributed by atoms with Crippen LogP contribution in [0.2, 0.25) is 5.02 Å². The van der Waals surface area contributed by atoms with Crippen molar-refractivity contribution < 1.29 is 9.53 Å². The topological polar surface area (TPSA) is 38.3 Å². The van der Waals surface area contributed by atoms with E-state index >= 15 is 0 Å². The largest absolute Gasteiger partial charge is 0.497 e. The Morgan fingerprint density at radius 1 is 0.923 bits per heavy atom. The van der Waals surface area contributed by atoms with E-state index < -0.39 is 0 Å². The molecule has 0 aliphatic carbocycles. The lowest BCUT2D eigenvalue weighted by atomic mass is 9.99. The Labute approximate surface area is 158 Å². The molecule has 0 atom stereocenters. The van der Waals surface area contributed by atoms with Gasteiger partial charge in [-0.15, -0.1) is 0 Å². The molecule has 132 valence electrons. The fourth-order valence-electron chi connectivity index (χ4n) is 2.81. The molecule has 0 unspecified atom stereocenters. The third kappa shape index (κ3) is 3.73. The second-order valence-corrected chi connectivity index (χ2v) is 6.55. The van der Waals surface area contributed by atoms with Crippen LogP contribution in [-0.4, -0.2) is 12.9 Å². The van der Waals surface area contributed by atoms with Crippen molar-refractivity contribution in [2.75, 3.05) is 12.4 Å². The molecule has 1 N–H and O–H groups in total. The van der Waals surface area contributed by atoms with Gasteiger partial charge in [-0.1, -0.05) is 35.9 Å². The van der Waals surface area contributed by atoms with E-state index in [1.165, 1.54) is 0 Å². The molecule has 0 radical (unpaired) electrons. The Kier molecular flexibility index (Phi) is 5.29. The molecule has 0 aliphatic heterocycles. The molecule has 3 aromatic rings. The number of methoxy groups -OCH3 is 1. The number of anilines is 2. The van der Waals surface area contributed by atoms with Crippen molar-refractivity contribution in [1.82, 2.24) is 0 Å². The van der Waals surface area contributed by atoms with Gasteiger partial charge in [-0.3, -0.25) is 4.79 Å². The summed E-state index contributed by atoms with van der Waals surface area (Å²) in [4.78, 5) is 12.8. The normalized spacial score (nSPS) is 10.5. The van der Waals surface area contributed by atoms with Crippen molar-refractivity contribution in [3.05, 3.63) is 87.9 Å². The maximum absolute atomic E-state index is 12.8. The molecule has 0 aromatic heterocycles. The number of nitrogens with one attached hydrogen (secondary N) is 1. The number of ketones is 1. The second kappa shape index (κ2) is 7.63. The Balaban J connectivity index is 1.86. The molecule has 26 heavy (non-hydrogen) atoms. The van der Waals surface area contributed by atoms with Crippen molar-refractivity contribution in [2.45, 2.75) is 13.8 Å². The summed E-state index contributed by atoms with van der Waals surface area (Å²) in [6.07, 6.45) is 0. The van der Waals surface area contributed by atoms with Gasteiger partial charge in [0, 0.05) is 22.5 Å². The van der Waals surface area contributed by atoms with Crippen LogP contribution in [0.3, 0.4) is 0 Å². The van der Waals surface area contributed by atoms with Crippen LogP contribution in [0.4, 0.5) is 11.4 Å². The highest BCUT2D eigenvalue weighted by molar-refractivity contribution is 6.35. The SMILES string of the molecule is COc1ccc(Nc2ccc(C(=O)c3ccccc3C)c(Cl)c2)c(C)c1. The molecule has 0 amide bonds. The summed E-state index contributed by atoms with van der Waals surface area (Å²) in [6, 6.07) is 18.7. The Morgan fingerprint density at radius 2 is 1.69 bits per heavy atom. The van der Waals surface area contributed by atoms with Crippen molar-refractivity contribution in [1.29, 1.82) is 0 Å². The molecule has 3 rings (SSSR count). The summed E-state index contributed by atoms with van der Waals surface area (Å²) in [5.41, 5.74) is 4.94. The van der Waals surface area contributed by atoms with Gasteiger partial charge in [-0.25, -0.2) is 0 Å². The van der Waals surface area contributed by atoms with Crippen LogP contribution in [0.1, 0.15) is 27.0 Å². The minimum absolute atomic E-state index is 0.0692. The minimum Gasteiger partial charge on any atom is -0.497 e. The van der Waals surface area contributed by atoms with Crippen molar-refractivity contribution in [3.8, 4) is 5.75 Å². The number of aryl methyl sites for hydroxylation is 2. The summed E-state index contributed by atoms with van der Waals surface area (Å²) < 4.78 is 5.23. The van der Waals surface area contributed by atoms with Gasteiger partial charge in [0.15, 0.2) is 5.78 Å². The molecule has 0 aliphatic rings. The molecular weight excluding hydrogens is 346 g/mol. The van der Waals surface area contributed by atoms with Crippen LogP contribution >= 0.6 is 11.6 Å². The zero-order valence-corrected chi connectivity index (χ0v) is 15.7. The van der Waals surface area contributed by atoms with Crippen LogP contribution in [0, 0.1) is 13.8 Å². The van der Waals surface area contributed by atoms with Gasteiger partial charge in [-0.2, -0.15) is 0 Å². The summed E-state index contributed by atoms with van der Waals surface area (Å²) >= 11 is 6.40. The fraction of sp³-hybridized carbons (Fsp3) is 0.136. The van der Waals surface area contributed by atoms with Crippen LogP contribution in [0.5, 0.6) is 5.75 Å². The third-order valence-electron chi connectivity index (χ3n) is 4.32. The average Bonchev–Trinajstić information content (AvgIpc) is 2.63. The lowest BCUT2D eigenvalue weighted by molar-refractivity contribution is 0.103. The highest BCUT2D eigenvalue weighted by Gasteiger charge is 2.15. The standard InChI is InChI=1S/C22H20ClNO2/c1-14-6-4-5-7-18(14)22(25)19-10-8-16(13-20(19)23)24-21-11-9-17(26-3)12-15(21)2/h4-13,24H,1-3H3. The van der Waals surface area contributed by atoms with Crippen molar-refractivity contribution in [2.24, 2.45) is 0 Å². The molecule has 0 saturated heterocycles. The van der Waals surface area contributed by atoms with Crippen LogP contribution in [0.15, 0.2) is 60.7 Å². The van der Waals surface area contributed by atoms with Gasteiger partial charge >= 0.3 is 0 Å². The number of benzene rings is 3. The van der Waals surface area contributed by atoms with Crippen molar-refractivity contribution >= 4 is 28.8 Å². The highest BCUT2D eigenvalue weighted by atomic mass is 35.5. The Morgan fingerprint density at radius 3 is 2.35 bits per heavy atom. The Bertz CT molecular complexity index is 966. The molecule has 0 bridgehead atoms. The van der Waals surface area contributed by atoms with Crippen molar-refractivity contribution in [3.63, 3.8) is 0 Å². The van der Waals surface area contributed by atoms with Gasteiger partial charge in [0.2, 0.25) is 0 Å². The number of carbonyl (C=O) groups is 1. The summed E-state index contributed by atoms with van der Waals surface area (Å²) in [7, 11) is 1.64. The zero-order valence-electron chi connectivity index (χ0n) is 15.0. The number of rotatable bonds is 5. The predicted molar refractivity (Wildman–Crippen MR) is 107 cm³/mol. The van der Waals surface area contributed by atoms with E-state index in [2.05, 4.69) is 5.32 Å².